The van der Waals surface area contributed by atoms with Gasteiger partial charge in [0.15, 0.2) is 5.96 Å². The largest absolute Gasteiger partial charge is 0.370 e. The first-order valence-corrected chi connectivity index (χ1v) is 9.52. The van der Waals surface area contributed by atoms with Crippen LogP contribution >= 0.6 is 24.0 Å². The van der Waals surface area contributed by atoms with Crippen molar-refractivity contribution in [2.24, 2.45) is 4.99 Å². The van der Waals surface area contributed by atoms with Gasteiger partial charge in [-0.05, 0) is 30.5 Å². The summed E-state index contributed by atoms with van der Waals surface area (Å²) in [6, 6.07) is 14.9. The number of rotatable bonds is 5. The van der Waals surface area contributed by atoms with Gasteiger partial charge in [0.1, 0.15) is 6.10 Å². The zero-order chi connectivity index (χ0) is 19.9. The number of halogens is 1. The monoisotopic (exact) mass is 510 g/mol. The zero-order valence-corrected chi connectivity index (χ0v) is 19.0. The molecule has 1 heterocycles. The summed E-state index contributed by atoms with van der Waals surface area (Å²) in [7, 11) is 0. The van der Waals surface area contributed by atoms with E-state index in [4.69, 9.17) is 9.73 Å². The molecule has 1 saturated heterocycles. The number of nitro groups is 1. The molecule has 1 aliphatic heterocycles. The molecule has 8 heteroatoms. The van der Waals surface area contributed by atoms with Crippen molar-refractivity contribution in [1.29, 1.82) is 0 Å². The van der Waals surface area contributed by atoms with Crippen LogP contribution in [-0.4, -0.2) is 42.0 Å². The molecule has 7 nitrogen and oxygen atoms in total. The summed E-state index contributed by atoms with van der Waals surface area (Å²) in [6.45, 7) is 7.35. The Labute approximate surface area is 188 Å². The van der Waals surface area contributed by atoms with Crippen molar-refractivity contribution in [3.63, 3.8) is 0 Å². The van der Waals surface area contributed by atoms with Gasteiger partial charge in [-0.1, -0.05) is 36.4 Å². The molecule has 0 aromatic heterocycles. The van der Waals surface area contributed by atoms with Crippen LogP contribution in [0.5, 0.6) is 0 Å². The van der Waals surface area contributed by atoms with Crippen molar-refractivity contribution in [2.75, 3.05) is 26.2 Å². The number of morpholine rings is 1. The van der Waals surface area contributed by atoms with E-state index in [-0.39, 0.29) is 40.7 Å². The van der Waals surface area contributed by atoms with E-state index in [1.165, 1.54) is 17.2 Å². The number of nitrogens with one attached hydrogen (secondary N) is 1. The van der Waals surface area contributed by atoms with E-state index < -0.39 is 0 Å². The van der Waals surface area contributed by atoms with Crippen molar-refractivity contribution in [3.8, 4) is 0 Å². The summed E-state index contributed by atoms with van der Waals surface area (Å²) in [6.07, 6.45) is -0.00313. The highest BCUT2D eigenvalue weighted by atomic mass is 127. The van der Waals surface area contributed by atoms with Gasteiger partial charge in [0, 0.05) is 25.2 Å². The van der Waals surface area contributed by atoms with Crippen LogP contribution in [0.1, 0.15) is 29.7 Å². The number of nitro benzene ring substituents is 1. The fourth-order valence-electron chi connectivity index (χ4n) is 3.34. The first-order chi connectivity index (χ1) is 13.6. The lowest BCUT2D eigenvalue weighted by molar-refractivity contribution is -0.384. The predicted molar refractivity (Wildman–Crippen MR) is 125 cm³/mol. The molecule has 0 saturated carbocycles. The molecule has 1 N–H and O–H groups in total. The van der Waals surface area contributed by atoms with Crippen molar-refractivity contribution >= 4 is 35.6 Å². The Balaban J connectivity index is 0.00000300. The molecule has 0 amide bonds. The minimum Gasteiger partial charge on any atom is -0.370 e. The number of hydrogen-bond donors (Lipinski definition) is 1. The molecule has 0 bridgehead atoms. The molecular weight excluding hydrogens is 483 g/mol. The Morgan fingerprint density at radius 3 is 2.83 bits per heavy atom. The van der Waals surface area contributed by atoms with Crippen molar-refractivity contribution in [2.45, 2.75) is 26.5 Å². The van der Waals surface area contributed by atoms with Crippen LogP contribution in [0.4, 0.5) is 5.69 Å². The molecule has 1 fully saturated rings. The SMILES string of the molecule is CCNC(=NCc1cccc([N+](=O)[O-])c1)N1CCOC(c2ccccc2C)C1.I. The summed E-state index contributed by atoms with van der Waals surface area (Å²) < 4.78 is 6.01. The lowest BCUT2D eigenvalue weighted by Gasteiger charge is -2.35. The average molecular weight is 510 g/mol. The third-order valence-corrected chi connectivity index (χ3v) is 4.77. The van der Waals surface area contributed by atoms with Gasteiger partial charge in [-0.25, -0.2) is 4.99 Å². The van der Waals surface area contributed by atoms with Crippen molar-refractivity contribution in [3.05, 3.63) is 75.3 Å². The van der Waals surface area contributed by atoms with Crippen LogP contribution in [-0.2, 0) is 11.3 Å². The van der Waals surface area contributed by atoms with E-state index in [2.05, 4.69) is 29.3 Å². The number of guanidine groups is 1. The third-order valence-electron chi connectivity index (χ3n) is 4.77. The smallest absolute Gasteiger partial charge is 0.269 e. The second-order valence-electron chi connectivity index (χ2n) is 6.76. The molecule has 1 aliphatic rings. The quantitative estimate of drug-likeness (QED) is 0.216. The summed E-state index contributed by atoms with van der Waals surface area (Å²) >= 11 is 0. The molecular formula is C21H27IN4O3. The second-order valence-corrected chi connectivity index (χ2v) is 6.76. The van der Waals surface area contributed by atoms with E-state index in [1.54, 1.807) is 12.1 Å². The average Bonchev–Trinajstić information content (AvgIpc) is 2.72. The van der Waals surface area contributed by atoms with E-state index in [0.29, 0.717) is 19.7 Å². The molecule has 0 radical (unpaired) electrons. The summed E-state index contributed by atoms with van der Waals surface area (Å²) in [5, 5.41) is 14.3. The van der Waals surface area contributed by atoms with E-state index in [1.807, 2.05) is 25.1 Å². The number of ether oxygens (including phenoxy) is 1. The Kier molecular flexibility index (Phi) is 8.84. The highest BCUT2D eigenvalue weighted by Gasteiger charge is 2.25. The Morgan fingerprint density at radius 1 is 1.31 bits per heavy atom. The lowest BCUT2D eigenvalue weighted by Crippen LogP contribution is -2.48. The topological polar surface area (TPSA) is 80.0 Å². The fraction of sp³-hybridized carbons (Fsp3) is 0.381. The van der Waals surface area contributed by atoms with Gasteiger partial charge in [-0.3, -0.25) is 10.1 Å². The molecule has 2 aromatic rings. The van der Waals surface area contributed by atoms with Gasteiger partial charge in [0.2, 0.25) is 0 Å². The standard InChI is InChI=1S/C21H26N4O3.HI/c1-3-22-21(23-14-17-8-6-9-18(13-17)25(26)27)24-11-12-28-20(15-24)19-10-5-4-7-16(19)2;/h4-10,13,20H,3,11-12,14-15H2,1-2H3,(H,22,23);1H. The van der Waals surface area contributed by atoms with Crippen LogP contribution in [0.15, 0.2) is 53.5 Å². The minimum absolute atomic E-state index is 0. The van der Waals surface area contributed by atoms with Gasteiger partial charge in [-0.15, -0.1) is 24.0 Å². The third kappa shape index (κ3) is 6.14. The first-order valence-electron chi connectivity index (χ1n) is 9.52. The van der Waals surface area contributed by atoms with Crippen LogP contribution < -0.4 is 5.32 Å². The van der Waals surface area contributed by atoms with Crippen molar-refractivity contribution < 1.29 is 9.66 Å². The number of non-ortho nitro benzene ring substituents is 1. The maximum atomic E-state index is 11.0. The maximum Gasteiger partial charge on any atom is 0.269 e. The summed E-state index contributed by atoms with van der Waals surface area (Å²) in [5.74, 6) is 0.802. The number of aliphatic imine (C=N–C) groups is 1. The lowest BCUT2D eigenvalue weighted by atomic mass is 10.0. The van der Waals surface area contributed by atoms with Crippen LogP contribution in [0.2, 0.25) is 0 Å². The highest BCUT2D eigenvalue weighted by molar-refractivity contribution is 14.0. The molecule has 0 aliphatic carbocycles. The number of nitrogens with zero attached hydrogens (tertiary/aromatic N) is 3. The normalized spacial score (nSPS) is 16.8. The van der Waals surface area contributed by atoms with E-state index >= 15 is 0 Å². The Bertz CT molecular complexity index is 859. The molecule has 1 atom stereocenters. The van der Waals surface area contributed by atoms with Crippen LogP contribution in [0, 0.1) is 17.0 Å². The first kappa shape index (κ1) is 23.1. The van der Waals surface area contributed by atoms with Gasteiger partial charge in [-0.2, -0.15) is 0 Å². The molecule has 156 valence electrons. The van der Waals surface area contributed by atoms with Crippen molar-refractivity contribution in [1.82, 2.24) is 10.2 Å². The minimum atomic E-state index is -0.382. The van der Waals surface area contributed by atoms with Crippen LogP contribution in [0.3, 0.4) is 0 Å². The van der Waals surface area contributed by atoms with Gasteiger partial charge in [0.05, 0.1) is 24.6 Å². The number of benzene rings is 2. The molecule has 29 heavy (non-hydrogen) atoms. The molecule has 3 rings (SSSR count). The van der Waals surface area contributed by atoms with Crippen LogP contribution in [0.25, 0.3) is 0 Å². The predicted octanol–water partition coefficient (Wildman–Crippen LogP) is 4.06. The second kappa shape index (κ2) is 11.1. The van der Waals surface area contributed by atoms with Gasteiger partial charge in [0.25, 0.3) is 5.69 Å². The fourth-order valence-corrected chi connectivity index (χ4v) is 3.34. The molecule has 1 unspecified atom stereocenters. The molecule has 2 aromatic carbocycles. The summed E-state index contributed by atoms with van der Waals surface area (Å²) in [5.41, 5.74) is 3.31. The number of aryl methyl sites for hydroxylation is 1. The van der Waals surface area contributed by atoms with Gasteiger partial charge >= 0.3 is 0 Å². The number of hydrogen-bond acceptors (Lipinski definition) is 4. The van der Waals surface area contributed by atoms with E-state index in [0.717, 1.165) is 24.6 Å². The highest BCUT2D eigenvalue weighted by Crippen LogP contribution is 2.25. The summed E-state index contributed by atoms with van der Waals surface area (Å²) in [4.78, 5) is 17.5. The molecule has 0 spiro atoms. The maximum absolute atomic E-state index is 11.0. The van der Waals surface area contributed by atoms with E-state index in [9.17, 15) is 10.1 Å². The zero-order valence-electron chi connectivity index (χ0n) is 16.7. The Morgan fingerprint density at radius 2 is 2.10 bits per heavy atom. The van der Waals surface area contributed by atoms with Gasteiger partial charge < -0.3 is 15.0 Å². The Hall–Kier alpha value is -2.20.